The summed E-state index contributed by atoms with van der Waals surface area (Å²) in [5.41, 5.74) is 1.02. The van der Waals surface area contributed by atoms with Crippen LogP contribution in [0.1, 0.15) is 12.5 Å². The van der Waals surface area contributed by atoms with E-state index >= 15 is 0 Å². The number of pyridine rings is 1. The zero-order valence-corrected chi connectivity index (χ0v) is 7.27. The molecule has 0 amide bonds. The SMILES string of the molecule is CCOC=Nc1cnccc1C#N. The first-order valence-corrected chi connectivity index (χ1v) is 3.86. The van der Waals surface area contributed by atoms with E-state index in [1.54, 1.807) is 12.3 Å². The Kier molecular flexibility index (Phi) is 3.45. The summed E-state index contributed by atoms with van der Waals surface area (Å²) in [5, 5.41) is 8.68. The molecule has 0 unspecified atom stereocenters. The summed E-state index contributed by atoms with van der Waals surface area (Å²) in [4.78, 5) is 7.79. The van der Waals surface area contributed by atoms with Crippen LogP contribution in [0.4, 0.5) is 5.69 Å². The Balaban J connectivity index is 2.82. The quantitative estimate of drug-likeness (QED) is 0.518. The van der Waals surface area contributed by atoms with Gasteiger partial charge in [0.05, 0.1) is 18.4 Å². The lowest BCUT2D eigenvalue weighted by Crippen LogP contribution is -1.85. The second-order valence-electron chi connectivity index (χ2n) is 2.19. The maximum atomic E-state index is 8.68. The first-order chi connectivity index (χ1) is 6.38. The van der Waals surface area contributed by atoms with Crippen LogP contribution in [0, 0.1) is 11.3 Å². The van der Waals surface area contributed by atoms with Crippen LogP contribution >= 0.6 is 0 Å². The lowest BCUT2D eigenvalue weighted by atomic mass is 10.2. The summed E-state index contributed by atoms with van der Waals surface area (Å²) >= 11 is 0. The molecular weight excluding hydrogens is 166 g/mol. The van der Waals surface area contributed by atoms with E-state index in [0.29, 0.717) is 17.9 Å². The second-order valence-corrected chi connectivity index (χ2v) is 2.19. The van der Waals surface area contributed by atoms with Crippen LogP contribution in [0.3, 0.4) is 0 Å². The molecular formula is C9H9N3O. The summed E-state index contributed by atoms with van der Waals surface area (Å²) < 4.78 is 4.91. The molecule has 66 valence electrons. The molecule has 0 saturated heterocycles. The van der Waals surface area contributed by atoms with Gasteiger partial charge >= 0.3 is 0 Å². The van der Waals surface area contributed by atoms with Crippen molar-refractivity contribution in [2.45, 2.75) is 6.92 Å². The van der Waals surface area contributed by atoms with Crippen molar-refractivity contribution < 1.29 is 4.74 Å². The highest BCUT2D eigenvalue weighted by atomic mass is 16.5. The van der Waals surface area contributed by atoms with Crippen LogP contribution in [-0.2, 0) is 4.74 Å². The molecule has 0 radical (unpaired) electrons. The highest BCUT2D eigenvalue weighted by molar-refractivity contribution is 5.60. The predicted molar refractivity (Wildman–Crippen MR) is 48.7 cm³/mol. The van der Waals surface area contributed by atoms with Gasteiger partial charge in [-0.05, 0) is 13.0 Å². The van der Waals surface area contributed by atoms with Crippen molar-refractivity contribution in [2.75, 3.05) is 6.61 Å². The Labute approximate surface area is 76.5 Å². The zero-order chi connectivity index (χ0) is 9.52. The lowest BCUT2D eigenvalue weighted by molar-refractivity contribution is 0.344. The summed E-state index contributed by atoms with van der Waals surface area (Å²) in [6.45, 7) is 2.42. The standard InChI is InChI=1S/C9H9N3O/c1-2-13-7-12-9-6-11-4-3-8(9)5-10/h3-4,6-7H,2H2,1H3. The van der Waals surface area contributed by atoms with Crippen molar-refractivity contribution in [3.63, 3.8) is 0 Å². The van der Waals surface area contributed by atoms with Crippen LogP contribution < -0.4 is 0 Å². The van der Waals surface area contributed by atoms with Crippen molar-refractivity contribution in [3.05, 3.63) is 24.0 Å². The molecule has 4 heteroatoms. The monoisotopic (exact) mass is 175 g/mol. The molecule has 0 aliphatic heterocycles. The average Bonchev–Trinajstić information content (AvgIpc) is 2.19. The number of rotatable bonds is 3. The van der Waals surface area contributed by atoms with Crippen molar-refractivity contribution >= 4 is 12.1 Å². The van der Waals surface area contributed by atoms with Crippen LogP contribution in [-0.4, -0.2) is 18.0 Å². The molecule has 0 spiro atoms. The Morgan fingerprint density at radius 1 is 1.77 bits per heavy atom. The van der Waals surface area contributed by atoms with E-state index < -0.39 is 0 Å². The van der Waals surface area contributed by atoms with Crippen LogP contribution in [0.2, 0.25) is 0 Å². The number of aromatic nitrogens is 1. The fourth-order valence-electron chi connectivity index (χ4n) is 0.752. The third-order valence-electron chi connectivity index (χ3n) is 1.35. The van der Waals surface area contributed by atoms with Crippen LogP contribution in [0.25, 0.3) is 0 Å². The summed E-state index contributed by atoms with van der Waals surface area (Å²) in [5.74, 6) is 0. The number of hydrogen-bond acceptors (Lipinski definition) is 4. The molecule has 1 rings (SSSR count). The van der Waals surface area contributed by atoms with Gasteiger partial charge in [0.1, 0.15) is 11.8 Å². The minimum Gasteiger partial charge on any atom is -0.483 e. The predicted octanol–water partition coefficient (Wildman–Crippen LogP) is 1.65. The molecule has 0 atom stereocenters. The summed E-state index contributed by atoms with van der Waals surface area (Å²) in [7, 11) is 0. The van der Waals surface area contributed by atoms with E-state index in [4.69, 9.17) is 10.00 Å². The fourth-order valence-corrected chi connectivity index (χ4v) is 0.752. The largest absolute Gasteiger partial charge is 0.483 e. The molecule has 0 bridgehead atoms. The molecule has 0 aliphatic carbocycles. The normalized spacial score (nSPS) is 9.85. The maximum Gasteiger partial charge on any atom is 0.174 e. The smallest absolute Gasteiger partial charge is 0.174 e. The number of aliphatic imine (C=N–C) groups is 1. The van der Waals surface area contributed by atoms with Gasteiger partial charge in [0.15, 0.2) is 6.40 Å². The van der Waals surface area contributed by atoms with Crippen LogP contribution in [0.5, 0.6) is 0 Å². The van der Waals surface area contributed by atoms with Crippen molar-refractivity contribution in [1.29, 1.82) is 5.26 Å². The van der Waals surface area contributed by atoms with Gasteiger partial charge in [0.25, 0.3) is 0 Å². The van der Waals surface area contributed by atoms with E-state index in [1.807, 2.05) is 13.0 Å². The third kappa shape index (κ3) is 2.56. The Bertz CT molecular complexity index is 341. The number of nitriles is 1. The van der Waals surface area contributed by atoms with Gasteiger partial charge in [-0.1, -0.05) is 0 Å². The summed E-state index contributed by atoms with van der Waals surface area (Å²) in [6, 6.07) is 3.62. The van der Waals surface area contributed by atoms with E-state index in [0.717, 1.165) is 0 Å². The number of nitrogens with zero attached hydrogens (tertiary/aromatic N) is 3. The molecule has 0 fully saturated rings. The van der Waals surface area contributed by atoms with E-state index in [9.17, 15) is 0 Å². The Hall–Kier alpha value is -1.89. The number of ether oxygens (including phenoxy) is 1. The highest BCUT2D eigenvalue weighted by Crippen LogP contribution is 2.14. The molecule has 0 aliphatic rings. The number of hydrogen-bond donors (Lipinski definition) is 0. The van der Waals surface area contributed by atoms with Gasteiger partial charge < -0.3 is 4.74 Å². The zero-order valence-electron chi connectivity index (χ0n) is 7.27. The topological polar surface area (TPSA) is 58.3 Å². The molecule has 0 aromatic carbocycles. The molecule has 13 heavy (non-hydrogen) atoms. The van der Waals surface area contributed by atoms with E-state index in [2.05, 4.69) is 9.98 Å². The van der Waals surface area contributed by atoms with Gasteiger partial charge in [-0.3, -0.25) is 4.98 Å². The Morgan fingerprint density at radius 2 is 2.62 bits per heavy atom. The lowest BCUT2D eigenvalue weighted by Gasteiger charge is -1.95. The van der Waals surface area contributed by atoms with Gasteiger partial charge in [0, 0.05) is 6.20 Å². The summed E-state index contributed by atoms with van der Waals surface area (Å²) in [6.07, 6.45) is 4.39. The maximum absolute atomic E-state index is 8.68. The Morgan fingerprint density at radius 3 is 3.31 bits per heavy atom. The van der Waals surface area contributed by atoms with Gasteiger partial charge in [0.2, 0.25) is 0 Å². The van der Waals surface area contributed by atoms with Crippen molar-refractivity contribution in [2.24, 2.45) is 4.99 Å². The van der Waals surface area contributed by atoms with Gasteiger partial charge in [-0.2, -0.15) is 5.26 Å². The van der Waals surface area contributed by atoms with E-state index in [-0.39, 0.29) is 0 Å². The van der Waals surface area contributed by atoms with Crippen LogP contribution in [0.15, 0.2) is 23.5 Å². The minimum atomic E-state index is 0.492. The van der Waals surface area contributed by atoms with E-state index in [1.165, 1.54) is 12.6 Å². The van der Waals surface area contributed by atoms with Gasteiger partial charge in [-0.25, -0.2) is 4.99 Å². The second kappa shape index (κ2) is 4.88. The highest BCUT2D eigenvalue weighted by Gasteiger charge is 1.96. The first kappa shape index (κ1) is 9.20. The third-order valence-corrected chi connectivity index (χ3v) is 1.35. The molecule has 0 saturated carbocycles. The molecule has 1 aromatic heterocycles. The molecule has 4 nitrogen and oxygen atoms in total. The first-order valence-electron chi connectivity index (χ1n) is 3.86. The van der Waals surface area contributed by atoms with Crippen molar-refractivity contribution in [1.82, 2.24) is 4.98 Å². The fraction of sp³-hybridized carbons (Fsp3) is 0.222. The average molecular weight is 175 g/mol. The molecule has 1 heterocycles. The van der Waals surface area contributed by atoms with Crippen molar-refractivity contribution in [3.8, 4) is 6.07 Å². The van der Waals surface area contributed by atoms with Gasteiger partial charge in [-0.15, -0.1) is 0 Å². The molecule has 1 aromatic rings. The minimum absolute atomic E-state index is 0.492. The molecule has 0 N–H and O–H groups in total.